The number of carbonyl (C=O) groups is 2. The molecule has 0 aliphatic carbocycles. The van der Waals surface area contributed by atoms with Gasteiger partial charge in [-0.1, -0.05) is 23.7 Å². The molecular weight excluding hydrogens is 612 g/mol. The first kappa shape index (κ1) is 30.7. The third kappa shape index (κ3) is 5.90. The second-order valence-corrected chi connectivity index (χ2v) is 11.9. The highest BCUT2D eigenvalue weighted by Crippen LogP contribution is 2.30. The number of rotatable bonds is 5. The Morgan fingerprint density at radius 2 is 1.80 bits per heavy atom. The number of piperidine rings is 1. The molecule has 0 bridgehead atoms. The average molecular weight is 642 g/mol. The van der Waals surface area contributed by atoms with E-state index < -0.39 is 40.8 Å². The molecule has 236 valence electrons. The topological polar surface area (TPSA) is 130 Å². The van der Waals surface area contributed by atoms with Crippen LogP contribution in [0.5, 0.6) is 0 Å². The fourth-order valence-corrected chi connectivity index (χ4v) is 6.28. The zero-order valence-electron chi connectivity index (χ0n) is 24.2. The number of benzene rings is 2. The van der Waals surface area contributed by atoms with Gasteiger partial charge in [-0.15, -0.1) is 0 Å². The number of aliphatic hydroxyl groups is 1. The van der Waals surface area contributed by atoms with Crippen molar-refractivity contribution < 1.29 is 33.3 Å². The van der Waals surface area contributed by atoms with Crippen molar-refractivity contribution >= 4 is 34.6 Å². The Kier molecular flexibility index (Phi) is 8.10. The molecule has 2 saturated heterocycles. The van der Waals surface area contributed by atoms with Crippen LogP contribution in [0.15, 0.2) is 59.7 Å². The Hall–Kier alpha value is -4.33. The Balaban J connectivity index is 1.18. The van der Waals surface area contributed by atoms with Crippen LogP contribution in [-0.4, -0.2) is 84.1 Å². The van der Waals surface area contributed by atoms with Crippen molar-refractivity contribution in [2.45, 2.75) is 44.1 Å². The van der Waals surface area contributed by atoms with Crippen molar-refractivity contribution in [2.24, 2.45) is 0 Å². The zero-order chi connectivity index (χ0) is 32.0. The van der Waals surface area contributed by atoms with Crippen molar-refractivity contribution in [1.82, 2.24) is 23.9 Å². The first-order valence-corrected chi connectivity index (χ1v) is 14.8. The molecule has 2 aliphatic heterocycles. The van der Waals surface area contributed by atoms with Crippen molar-refractivity contribution in [3.05, 3.63) is 93.1 Å². The molecule has 4 heterocycles. The maximum Gasteiger partial charge on any atom is 0.407 e. The van der Waals surface area contributed by atoms with Crippen molar-refractivity contribution in [3.8, 4) is 5.69 Å². The van der Waals surface area contributed by atoms with Gasteiger partial charge < -0.3 is 19.8 Å². The quantitative estimate of drug-likeness (QED) is 0.334. The lowest BCUT2D eigenvalue weighted by molar-refractivity contribution is -0.0465. The molecule has 2 aliphatic rings. The summed E-state index contributed by atoms with van der Waals surface area (Å²) in [4.78, 5) is 45.4. The van der Waals surface area contributed by atoms with E-state index in [4.69, 9.17) is 16.3 Å². The van der Waals surface area contributed by atoms with Gasteiger partial charge in [-0.05, 0) is 61.7 Å². The van der Waals surface area contributed by atoms with Crippen molar-refractivity contribution in [1.29, 1.82) is 0 Å². The fraction of sp³-hybridized carbons (Fsp3) is 0.355. The first-order chi connectivity index (χ1) is 21.4. The molecule has 0 saturated carbocycles. The van der Waals surface area contributed by atoms with Gasteiger partial charge in [0.05, 0.1) is 42.8 Å². The lowest BCUT2D eigenvalue weighted by Gasteiger charge is -2.38. The molecule has 0 radical (unpaired) electrons. The SMILES string of the molecule is C[C@H]1CN(C(=O)O)[C@H](c2ccc(-n3c(Cl)cc4c(=O)n(CC5(O)CCN(C(=O)c6ccc(F)c(F)c6)CC5)cnc43)cc2)CO1. The van der Waals surface area contributed by atoms with Crippen LogP contribution in [0.2, 0.25) is 5.15 Å². The Morgan fingerprint density at radius 3 is 2.47 bits per heavy atom. The van der Waals surface area contributed by atoms with Crippen LogP contribution in [0, 0.1) is 11.6 Å². The predicted molar refractivity (Wildman–Crippen MR) is 160 cm³/mol. The van der Waals surface area contributed by atoms with E-state index >= 15 is 0 Å². The predicted octanol–water partition coefficient (Wildman–Crippen LogP) is 4.23. The summed E-state index contributed by atoms with van der Waals surface area (Å²) in [5.41, 5.74) is -0.0159. The van der Waals surface area contributed by atoms with E-state index in [0.29, 0.717) is 11.3 Å². The summed E-state index contributed by atoms with van der Waals surface area (Å²) in [6.45, 7) is 2.57. The van der Waals surface area contributed by atoms with Crippen LogP contribution >= 0.6 is 11.6 Å². The molecular formula is C31H30ClF2N5O6. The van der Waals surface area contributed by atoms with Crippen LogP contribution in [0.1, 0.15) is 41.7 Å². The fourth-order valence-electron chi connectivity index (χ4n) is 5.99. The second-order valence-electron chi connectivity index (χ2n) is 11.5. The van der Waals surface area contributed by atoms with Crippen LogP contribution in [0.4, 0.5) is 13.6 Å². The Bertz CT molecular complexity index is 1840. The average Bonchev–Trinajstić information content (AvgIpc) is 3.36. The van der Waals surface area contributed by atoms with Gasteiger partial charge in [0.25, 0.3) is 11.5 Å². The van der Waals surface area contributed by atoms with E-state index in [1.54, 1.807) is 28.8 Å². The highest BCUT2D eigenvalue weighted by molar-refractivity contribution is 6.31. The second kappa shape index (κ2) is 11.9. The van der Waals surface area contributed by atoms with Gasteiger partial charge in [0.1, 0.15) is 11.5 Å². The summed E-state index contributed by atoms with van der Waals surface area (Å²) in [7, 11) is 0. The van der Waals surface area contributed by atoms with E-state index in [0.717, 1.165) is 17.7 Å². The van der Waals surface area contributed by atoms with Crippen LogP contribution < -0.4 is 5.56 Å². The molecule has 14 heteroatoms. The van der Waals surface area contributed by atoms with Gasteiger partial charge in [0.2, 0.25) is 0 Å². The number of likely N-dealkylation sites (tertiary alicyclic amines) is 1. The molecule has 6 rings (SSSR count). The van der Waals surface area contributed by atoms with E-state index in [9.17, 15) is 33.4 Å². The van der Waals surface area contributed by atoms with E-state index in [-0.39, 0.29) is 67.8 Å². The number of fused-ring (bicyclic) bond motifs is 1. The van der Waals surface area contributed by atoms with Crippen molar-refractivity contribution in [3.63, 3.8) is 0 Å². The Labute approximate surface area is 260 Å². The number of ether oxygens (including phenoxy) is 1. The third-order valence-corrected chi connectivity index (χ3v) is 8.78. The summed E-state index contributed by atoms with van der Waals surface area (Å²) in [5.74, 6) is -2.63. The minimum atomic E-state index is -1.31. The molecule has 2 atom stereocenters. The number of aromatic nitrogens is 3. The monoisotopic (exact) mass is 641 g/mol. The molecule has 0 unspecified atom stereocenters. The van der Waals surface area contributed by atoms with Crippen LogP contribution in [0.3, 0.4) is 0 Å². The van der Waals surface area contributed by atoms with Gasteiger partial charge in [-0.25, -0.2) is 18.6 Å². The number of hydrogen-bond donors (Lipinski definition) is 2. The maximum atomic E-state index is 13.6. The highest BCUT2D eigenvalue weighted by Gasteiger charge is 2.36. The third-order valence-electron chi connectivity index (χ3n) is 8.50. The minimum Gasteiger partial charge on any atom is -0.465 e. The molecule has 0 spiro atoms. The summed E-state index contributed by atoms with van der Waals surface area (Å²) < 4.78 is 35.5. The lowest BCUT2D eigenvalue weighted by atomic mass is 9.91. The minimum absolute atomic E-state index is 0.0149. The Morgan fingerprint density at radius 1 is 1.09 bits per heavy atom. The van der Waals surface area contributed by atoms with E-state index in [1.165, 1.54) is 32.8 Å². The molecule has 2 aromatic carbocycles. The van der Waals surface area contributed by atoms with Gasteiger partial charge >= 0.3 is 6.09 Å². The summed E-state index contributed by atoms with van der Waals surface area (Å²) >= 11 is 6.57. The molecule has 2 N–H and O–H groups in total. The normalized spacial score (nSPS) is 20.0. The molecule has 4 aromatic rings. The highest BCUT2D eigenvalue weighted by atomic mass is 35.5. The van der Waals surface area contributed by atoms with Crippen LogP contribution in [-0.2, 0) is 11.3 Å². The summed E-state index contributed by atoms with van der Waals surface area (Å²) in [6, 6.07) is 11.1. The molecule has 2 amide bonds. The summed E-state index contributed by atoms with van der Waals surface area (Å²) in [6.07, 6.45) is 0.434. The number of morpholine rings is 1. The number of carboxylic acid groups (broad SMARTS) is 1. The largest absolute Gasteiger partial charge is 0.465 e. The standard InChI is InChI=1S/C31H30ClF2N5O6/c1-18-14-38(30(42)43)25(15-45-18)19-2-5-21(6-3-19)39-26(32)13-22-27(39)35-17-37(29(22)41)16-31(44)8-10-36(11-9-31)28(40)20-4-7-23(33)24(34)12-20/h2-7,12-13,17-18,25,44H,8-11,14-16H2,1H3,(H,42,43)/t18-,25-/m0/s1. The maximum absolute atomic E-state index is 13.6. The molecule has 2 aromatic heterocycles. The number of amides is 2. The number of halogens is 3. The van der Waals surface area contributed by atoms with E-state index in [1.807, 2.05) is 6.92 Å². The number of hydrogen-bond acceptors (Lipinski definition) is 6. The molecule has 2 fully saturated rings. The zero-order valence-corrected chi connectivity index (χ0v) is 25.0. The van der Waals surface area contributed by atoms with E-state index in [2.05, 4.69) is 4.98 Å². The van der Waals surface area contributed by atoms with Gasteiger partial charge in [0, 0.05) is 24.3 Å². The van der Waals surface area contributed by atoms with Gasteiger partial charge in [-0.3, -0.25) is 23.6 Å². The van der Waals surface area contributed by atoms with Gasteiger partial charge in [0.15, 0.2) is 17.3 Å². The summed E-state index contributed by atoms with van der Waals surface area (Å²) in [5, 5.41) is 21.4. The van der Waals surface area contributed by atoms with Crippen LogP contribution in [0.25, 0.3) is 16.7 Å². The van der Waals surface area contributed by atoms with Gasteiger partial charge in [-0.2, -0.15) is 0 Å². The molecule has 11 nitrogen and oxygen atoms in total. The lowest BCUT2D eigenvalue weighted by Crippen LogP contribution is -2.49. The molecule has 45 heavy (non-hydrogen) atoms. The smallest absolute Gasteiger partial charge is 0.407 e. The number of carbonyl (C=O) groups excluding carboxylic acids is 1. The van der Waals surface area contributed by atoms with Crippen molar-refractivity contribution in [2.75, 3.05) is 26.2 Å². The first-order valence-electron chi connectivity index (χ1n) is 14.4. The number of nitrogens with zero attached hydrogens (tertiary/aromatic N) is 5.